The fourth-order valence-electron chi connectivity index (χ4n) is 1.97. The summed E-state index contributed by atoms with van der Waals surface area (Å²) in [4.78, 5) is 13.6. The van der Waals surface area contributed by atoms with Crippen molar-refractivity contribution in [2.75, 3.05) is 17.2 Å². The first-order valence-electron chi connectivity index (χ1n) is 5.23. The Balaban J connectivity index is 2.32. The molecule has 1 atom stereocenters. The van der Waals surface area contributed by atoms with Gasteiger partial charge in [0.05, 0.1) is 5.69 Å². The second-order valence-corrected chi connectivity index (χ2v) is 4.28. The van der Waals surface area contributed by atoms with E-state index in [4.69, 9.17) is 6.42 Å². The van der Waals surface area contributed by atoms with Crippen LogP contribution in [-0.2, 0) is 4.79 Å². The molecule has 16 heavy (non-hydrogen) atoms. The van der Waals surface area contributed by atoms with Crippen LogP contribution in [0.3, 0.4) is 0 Å². The van der Waals surface area contributed by atoms with Crippen LogP contribution in [-0.4, -0.2) is 18.2 Å². The topological polar surface area (TPSA) is 20.3 Å². The van der Waals surface area contributed by atoms with Gasteiger partial charge in [0.15, 0.2) is 0 Å². The zero-order valence-electron chi connectivity index (χ0n) is 8.89. The standard InChI is InChI=1S/C13H13NOS/c1-2-11-5-3-4-6-12(11)14-8-10(9-16)7-13(14)15/h1,3-6,10,16H,7-9H2. The third kappa shape index (κ3) is 1.94. The second-order valence-electron chi connectivity index (χ2n) is 3.92. The maximum absolute atomic E-state index is 11.8. The van der Waals surface area contributed by atoms with E-state index in [2.05, 4.69) is 18.5 Å². The van der Waals surface area contributed by atoms with Crippen LogP contribution in [0.5, 0.6) is 0 Å². The number of nitrogens with zero attached hydrogens (tertiary/aromatic N) is 1. The van der Waals surface area contributed by atoms with Gasteiger partial charge in [-0.1, -0.05) is 18.1 Å². The Bertz CT molecular complexity index is 449. The van der Waals surface area contributed by atoms with Crippen molar-refractivity contribution in [2.24, 2.45) is 5.92 Å². The highest BCUT2D eigenvalue weighted by atomic mass is 32.1. The maximum atomic E-state index is 11.8. The van der Waals surface area contributed by atoms with Gasteiger partial charge in [-0.15, -0.1) is 6.42 Å². The smallest absolute Gasteiger partial charge is 0.227 e. The molecule has 1 aliphatic heterocycles. The van der Waals surface area contributed by atoms with Crippen molar-refractivity contribution in [3.05, 3.63) is 29.8 Å². The van der Waals surface area contributed by atoms with Crippen LogP contribution < -0.4 is 4.90 Å². The van der Waals surface area contributed by atoms with Crippen molar-refractivity contribution >= 4 is 24.2 Å². The lowest BCUT2D eigenvalue weighted by Gasteiger charge is -2.18. The molecule has 0 aliphatic carbocycles. The molecule has 1 amide bonds. The van der Waals surface area contributed by atoms with Gasteiger partial charge in [0.2, 0.25) is 5.91 Å². The Hall–Kier alpha value is -1.40. The molecule has 1 fully saturated rings. The Morgan fingerprint density at radius 2 is 2.25 bits per heavy atom. The highest BCUT2D eigenvalue weighted by Gasteiger charge is 2.30. The Morgan fingerprint density at radius 1 is 1.50 bits per heavy atom. The van der Waals surface area contributed by atoms with Crippen LogP contribution in [0.15, 0.2) is 24.3 Å². The lowest BCUT2D eigenvalue weighted by molar-refractivity contribution is -0.117. The van der Waals surface area contributed by atoms with E-state index in [1.165, 1.54) is 0 Å². The normalized spacial score (nSPS) is 19.9. The number of para-hydroxylation sites is 1. The predicted molar refractivity (Wildman–Crippen MR) is 68.7 cm³/mol. The molecule has 1 saturated heterocycles. The van der Waals surface area contributed by atoms with Gasteiger partial charge < -0.3 is 4.90 Å². The minimum Gasteiger partial charge on any atom is -0.311 e. The summed E-state index contributed by atoms with van der Waals surface area (Å²) < 4.78 is 0. The summed E-state index contributed by atoms with van der Waals surface area (Å²) in [6, 6.07) is 7.54. The number of hydrogen-bond acceptors (Lipinski definition) is 2. The first-order valence-corrected chi connectivity index (χ1v) is 5.86. The lowest BCUT2D eigenvalue weighted by atomic mass is 10.1. The van der Waals surface area contributed by atoms with Crippen molar-refractivity contribution in [1.29, 1.82) is 0 Å². The molecule has 0 aromatic heterocycles. The van der Waals surface area contributed by atoms with Crippen LogP contribution in [0, 0.1) is 18.3 Å². The molecule has 2 rings (SSSR count). The number of carbonyl (C=O) groups excluding carboxylic acids is 1. The molecule has 0 N–H and O–H groups in total. The third-order valence-corrected chi connectivity index (χ3v) is 3.33. The summed E-state index contributed by atoms with van der Waals surface area (Å²) in [7, 11) is 0. The van der Waals surface area contributed by atoms with Crippen molar-refractivity contribution in [2.45, 2.75) is 6.42 Å². The molecular formula is C13H13NOS. The van der Waals surface area contributed by atoms with Crippen LogP contribution >= 0.6 is 12.6 Å². The van der Waals surface area contributed by atoms with Gasteiger partial charge in [0, 0.05) is 18.5 Å². The first-order chi connectivity index (χ1) is 7.76. The van der Waals surface area contributed by atoms with Crippen LogP contribution in [0.25, 0.3) is 0 Å². The number of terminal acetylenes is 1. The molecule has 1 heterocycles. The quantitative estimate of drug-likeness (QED) is 0.609. The molecule has 82 valence electrons. The SMILES string of the molecule is C#Cc1ccccc1N1CC(CS)CC1=O. The second kappa shape index (κ2) is 4.63. The zero-order valence-corrected chi connectivity index (χ0v) is 9.78. The highest BCUT2D eigenvalue weighted by molar-refractivity contribution is 7.80. The zero-order chi connectivity index (χ0) is 11.5. The minimum atomic E-state index is 0.141. The van der Waals surface area contributed by atoms with Gasteiger partial charge in [-0.2, -0.15) is 12.6 Å². The average molecular weight is 231 g/mol. The van der Waals surface area contributed by atoms with Gasteiger partial charge in [-0.3, -0.25) is 4.79 Å². The number of thiol groups is 1. The lowest BCUT2D eigenvalue weighted by Crippen LogP contribution is -2.25. The van der Waals surface area contributed by atoms with Crippen LogP contribution in [0.4, 0.5) is 5.69 Å². The molecule has 1 aliphatic rings. The third-order valence-electron chi connectivity index (χ3n) is 2.81. The molecule has 1 aromatic carbocycles. The summed E-state index contributed by atoms with van der Waals surface area (Å²) in [6.07, 6.45) is 6.00. The molecule has 0 saturated carbocycles. The van der Waals surface area contributed by atoms with Gasteiger partial charge in [-0.05, 0) is 23.8 Å². The Kier molecular flexibility index (Phi) is 3.21. The molecule has 0 spiro atoms. The van der Waals surface area contributed by atoms with E-state index in [9.17, 15) is 4.79 Å². The summed E-state index contributed by atoms with van der Waals surface area (Å²) in [5.74, 6) is 3.82. The van der Waals surface area contributed by atoms with Crippen LogP contribution in [0.1, 0.15) is 12.0 Å². The molecular weight excluding hydrogens is 218 g/mol. The maximum Gasteiger partial charge on any atom is 0.227 e. The van der Waals surface area contributed by atoms with Crippen LogP contribution in [0.2, 0.25) is 0 Å². The van der Waals surface area contributed by atoms with E-state index in [1.807, 2.05) is 24.3 Å². The summed E-state index contributed by atoms with van der Waals surface area (Å²) in [5.41, 5.74) is 1.62. The minimum absolute atomic E-state index is 0.141. The largest absolute Gasteiger partial charge is 0.311 e. The number of carbonyl (C=O) groups is 1. The first kappa shape index (κ1) is 11.1. The van der Waals surface area contributed by atoms with Crippen molar-refractivity contribution in [1.82, 2.24) is 0 Å². The fourth-order valence-corrected chi connectivity index (χ4v) is 2.21. The van der Waals surface area contributed by atoms with Gasteiger partial charge in [-0.25, -0.2) is 0 Å². The van der Waals surface area contributed by atoms with E-state index in [1.54, 1.807) is 4.90 Å². The van der Waals surface area contributed by atoms with Crippen molar-refractivity contribution in [3.8, 4) is 12.3 Å². The monoisotopic (exact) mass is 231 g/mol. The van der Waals surface area contributed by atoms with Crippen molar-refractivity contribution in [3.63, 3.8) is 0 Å². The Morgan fingerprint density at radius 3 is 2.88 bits per heavy atom. The van der Waals surface area contributed by atoms with Crippen molar-refractivity contribution < 1.29 is 4.79 Å². The molecule has 0 bridgehead atoms. The van der Waals surface area contributed by atoms with E-state index in [-0.39, 0.29) is 5.91 Å². The Labute approximate surface area is 101 Å². The van der Waals surface area contributed by atoms with Gasteiger partial charge >= 0.3 is 0 Å². The highest BCUT2D eigenvalue weighted by Crippen LogP contribution is 2.27. The predicted octanol–water partition coefficient (Wildman–Crippen LogP) is 1.95. The number of amides is 1. The van der Waals surface area contributed by atoms with Gasteiger partial charge in [0.25, 0.3) is 0 Å². The summed E-state index contributed by atoms with van der Waals surface area (Å²) in [5, 5.41) is 0. The molecule has 1 aromatic rings. The number of benzene rings is 1. The summed E-state index contributed by atoms with van der Waals surface area (Å²) in [6.45, 7) is 0.723. The molecule has 0 radical (unpaired) electrons. The van der Waals surface area contributed by atoms with E-state index < -0.39 is 0 Å². The van der Waals surface area contributed by atoms with E-state index >= 15 is 0 Å². The van der Waals surface area contributed by atoms with E-state index in [0.29, 0.717) is 12.3 Å². The number of anilines is 1. The molecule has 3 heteroatoms. The molecule has 2 nitrogen and oxygen atoms in total. The van der Waals surface area contributed by atoms with Gasteiger partial charge in [0.1, 0.15) is 0 Å². The van der Waals surface area contributed by atoms with E-state index in [0.717, 1.165) is 23.5 Å². The number of rotatable bonds is 2. The fraction of sp³-hybridized carbons (Fsp3) is 0.308. The number of hydrogen-bond donors (Lipinski definition) is 1. The average Bonchev–Trinajstić information content (AvgIpc) is 2.70. The molecule has 1 unspecified atom stereocenters. The summed E-state index contributed by atoms with van der Waals surface area (Å²) >= 11 is 4.24.